The highest BCUT2D eigenvalue weighted by molar-refractivity contribution is 5.92. The molecular formula is C20H28N4O2. The van der Waals surface area contributed by atoms with Gasteiger partial charge in [-0.05, 0) is 37.3 Å². The van der Waals surface area contributed by atoms with E-state index < -0.39 is 0 Å². The largest absolute Gasteiger partial charge is 0.319 e. The SMILES string of the molecule is Cc1c(NC(=O)CN2C[C@H](C)C[C@H](C)C2)c(=O)n(-c2ccccc2)n1C. The van der Waals surface area contributed by atoms with Crippen LogP contribution in [0, 0.1) is 18.8 Å². The van der Waals surface area contributed by atoms with Gasteiger partial charge >= 0.3 is 0 Å². The van der Waals surface area contributed by atoms with E-state index in [1.165, 1.54) is 6.42 Å². The number of benzene rings is 1. The van der Waals surface area contributed by atoms with E-state index in [1.807, 2.05) is 44.3 Å². The maximum atomic E-state index is 12.9. The molecule has 0 saturated carbocycles. The summed E-state index contributed by atoms with van der Waals surface area (Å²) in [7, 11) is 1.83. The Labute approximate surface area is 154 Å². The first kappa shape index (κ1) is 18.5. The van der Waals surface area contributed by atoms with Crippen LogP contribution in [0.1, 0.15) is 26.0 Å². The predicted molar refractivity (Wildman–Crippen MR) is 104 cm³/mol. The van der Waals surface area contributed by atoms with Crippen molar-refractivity contribution >= 4 is 11.6 Å². The Morgan fingerprint density at radius 2 is 1.77 bits per heavy atom. The van der Waals surface area contributed by atoms with Gasteiger partial charge in [-0.15, -0.1) is 0 Å². The third-order valence-electron chi connectivity index (χ3n) is 5.13. The molecular weight excluding hydrogens is 328 g/mol. The molecule has 2 atom stereocenters. The van der Waals surface area contributed by atoms with Gasteiger partial charge in [0.05, 0.1) is 17.9 Å². The third kappa shape index (κ3) is 3.75. The Morgan fingerprint density at radius 1 is 1.15 bits per heavy atom. The van der Waals surface area contributed by atoms with Crippen LogP contribution in [0.4, 0.5) is 5.69 Å². The highest BCUT2D eigenvalue weighted by atomic mass is 16.2. The summed E-state index contributed by atoms with van der Waals surface area (Å²) in [6.45, 7) is 8.48. The molecule has 1 amide bonds. The van der Waals surface area contributed by atoms with E-state index in [4.69, 9.17) is 0 Å². The van der Waals surface area contributed by atoms with E-state index in [9.17, 15) is 9.59 Å². The van der Waals surface area contributed by atoms with Crippen LogP contribution in [0.3, 0.4) is 0 Å². The van der Waals surface area contributed by atoms with Crippen LogP contribution in [0.5, 0.6) is 0 Å². The number of amides is 1. The normalized spacial score (nSPS) is 20.9. The molecule has 140 valence electrons. The minimum atomic E-state index is -0.204. The van der Waals surface area contributed by atoms with Crippen molar-refractivity contribution in [3.63, 3.8) is 0 Å². The number of anilines is 1. The van der Waals surface area contributed by atoms with E-state index in [-0.39, 0.29) is 11.5 Å². The van der Waals surface area contributed by atoms with E-state index in [0.717, 1.165) is 24.5 Å². The number of piperidine rings is 1. The molecule has 3 rings (SSSR count). The first-order valence-electron chi connectivity index (χ1n) is 9.23. The molecule has 2 heterocycles. The smallest absolute Gasteiger partial charge is 0.295 e. The quantitative estimate of drug-likeness (QED) is 0.915. The van der Waals surface area contributed by atoms with Crippen LogP contribution >= 0.6 is 0 Å². The van der Waals surface area contributed by atoms with Gasteiger partial charge in [0.15, 0.2) is 0 Å². The van der Waals surface area contributed by atoms with Crippen LogP contribution in [0.15, 0.2) is 35.1 Å². The van der Waals surface area contributed by atoms with E-state index in [2.05, 4.69) is 24.1 Å². The second-order valence-electron chi connectivity index (χ2n) is 7.62. The maximum Gasteiger partial charge on any atom is 0.295 e. The topological polar surface area (TPSA) is 59.3 Å². The second kappa shape index (κ2) is 7.50. The maximum absolute atomic E-state index is 12.9. The zero-order valence-electron chi connectivity index (χ0n) is 16.0. The summed E-state index contributed by atoms with van der Waals surface area (Å²) in [5, 5.41) is 2.85. The van der Waals surface area contributed by atoms with Gasteiger partial charge in [-0.1, -0.05) is 32.0 Å². The number of aromatic nitrogens is 2. The lowest BCUT2D eigenvalue weighted by Crippen LogP contribution is -2.43. The van der Waals surface area contributed by atoms with Crippen LogP contribution in [0.2, 0.25) is 0 Å². The summed E-state index contributed by atoms with van der Waals surface area (Å²) in [4.78, 5) is 27.6. The van der Waals surface area contributed by atoms with Crippen molar-refractivity contribution in [2.24, 2.45) is 18.9 Å². The number of rotatable bonds is 4. The molecule has 0 unspecified atom stereocenters. The first-order valence-corrected chi connectivity index (χ1v) is 9.23. The van der Waals surface area contributed by atoms with Crippen molar-refractivity contribution in [3.05, 3.63) is 46.4 Å². The second-order valence-corrected chi connectivity index (χ2v) is 7.62. The standard InChI is InChI=1S/C20H28N4O2/c1-14-10-15(2)12-23(11-14)13-18(25)21-19-16(3)22(4)24(20(19)26)17-8-6-5-7-9-17/h5-9,14-15H,10-13H2,1-4H3,(H,21,25)/t14-,15+. The Bertz CT molecular complexity index is 827. The molecule has 1 saturated heterocycles. The Hall–Kier alpha value is -2.34. The molecule has 1 fully saturated rings. The molecule has 1 aromatic heterocycles. The van der Waals surface area contributed by atoms with E-state index >= 15 is 0 Å². The van der Waals surface area contributed by atoms with Crippen molar-refractivity contribution in [2.45, 2.75) is 27.2 Å². The van der Waals surface area contributed by atoms with Gasteiger partial charge in [-0.3, -0.25) is 19.2 Å². The number of carbonyl (C=O) groups excluding carboxylic acids is 1. The van der Waals surface area contributed by atoms with Gasteiger partial charge in [-0.2, -0.15) is 0 Å². The molecule has 0 aliphatic carbocycles. The van der Waals surface area contributed by atoms with Gasteiger partial charge in [0.1, 0.15) is 5.69 Å². The van der Waals surface area contributed by atoms with Crippen molar-refractivity contribution in [2.75, 3.05) is 25.0 Å². The van der Waals surface area contributed by atoms with Crippen LogP contribution in [-0.2, 0) is 11.8 Å². The fourth-order valence-electron chi connectivity index (χ4n) is 4.02. The van der Waals surface area contributed by atoms with Gasteiger partial charge in [0, 0.05) is 20.1 Å². The molecule has 0 spiro atoms. The molecule has 6 heteroatoms. The Balaban J connectivity index is 1.78. The fraction of sp³-hybridized carbons (Fsp3) is 0.500. The number of hydrogen-bond acceptors (Lipinski definition) is 3. The number of carbonyl (C=O) groups is 1. The predicted octanol–water partition coefficient (Wildman–Crippen LogP) is 2.40. The summed E-state index contributed by atoms with van der Waals surface area (Å²) in [6.07, 6.45) is 1.21. The number of likely N-dealkylation sites (tertiary alicyclic amines) is 1. The van der Waals surface area contributed by atoms with Gasteiger partial charge in [-0.25, -0.2) is 4.68 Å². The molecule has 0 bridgehead atoms. The molecule has 1 aliphatic rings. The lowest BCUT2D eigenvalue weighted by Gasteiger charge is -2.34. The fourth-order valence-corrected chi connectivity index (χ4v) is 4.02. The van der Waals surface area contributed by atoms with Gasteiger partial charge in [0.2, 0.25) is 5.91 Å². The van der Waals surface area contributed by atoms with Crippen molar-refractivity contribution in [1.82, 2.24) is 14.3 Å². The highest BCUT2D eigenvalue weighted by Gasteiger charge is 2.24. The van der Waals surface area contributed by atoms with Crippen molar-refractivity contribution in [1.29, 1.82) is 0 Å². The molecule has 1 aromatic carbocycles. The number of nitrogens with one attached hydrogen (secondary N) is 1. The third-order valence-corrected chi connectivity index (χ3v) is 5.13. The molecule has 1 aliphatic heterocycles. The molecule has 0 radical (unpaired) electrons. The minimum Gasteiger partial charge on any atom is -0.319 e. The molecule has 6 nitrogen and oxygen atoms in total. The molecule has 1 N–H and O–H groups in total. The van der Waals surface area contributed by atoms with Crippen LogP contribution < -0.4 is 10.9 Å². The number of hydrogen-bond donors (Lipinski definition) is 1. The lowest BCUT2D eigenvalue weighted by atomic mass is 9.92. The summed E-state index contributed by atoms with van der Waals surface area (Å²) in [5.74, 6) is 1.07. The van der Waals surface area contributed by atoms with Crippen LogP contribution in [-0.4, -0.2) is 39.8 Å². The first-order chi connectivity index (χ1) is 12.4. The average molecular weight is 356 g/mol. The highest BCUT2D eigenvalue weighted by Crippen LogP contribution is 2.21. The van der Waals surface area contributed by atoms with Crippen molar-refractivity contribution in [3.8, 4) is 5.69 Å². The average Bonchev–Trinajstić information content (AvgIpc) is 2.78. The monoisotopic (exact) mass is 356 g/mol. The number of para-hydroxylation sites is 1. The zero-order valence-corrected chi connectivity index (χ0v) is 16.0. The molecule has 26 heavy (non-hydrogen) atoms. The van der Waals surface area contributed by atoms with Gasteiger partial charge < -0.3 is 5.32 Å². The summed E-state index contributed by atoms with van der Waals surface area (Å²) in [6, 6.07) is 9.45. The van der Waals surface area contributed by atoms with Crippen molar-refractivity contribution < 1.29 is 4.79 Å². The van der Waals surface area contributed by atoms with Gasteiger partial charge in [0.25, 0.3) is 5.56 Å². The number of nitrogens with zero attached hydrogens (tertiary/aromatic N) is 3. The van der Waals surface area contributed by atoms with Crippen LogP contribution in [0.25, 0.3) is 5.69 Å². The Morgan fingerprint density at radius 3 is 2.38 bits per heavy atom. The summed E-state index contributed by atoms with van der Waals surface area (Å²) < 4.78 is 3.36. The minimum absolute atomic E-state index is 0.127. The zero-order chi connectivity index (χ0) is 18.8. The summed E-state index contributed by atoms with van der Waals surface area (Å²) >= 11 is 0. The van der Waals surface area contributed by atoms with E-state index in [0.29, 0.717) is 24.1 Å². The van der Waals surface area contributed by atoms with E-state index in [1.54, 1.807) is 9.36 Å². The summed E-state index contributed by atoms with van der Waals surface area (Å²) in [5.41, 5.74) is 1.68. The molecule has 2 aromatic rings. The Kier molecular flexibility index (Phi) is 5.32. The lowest BCUT2D eigenvalue weighted by molar-refractivity contribution is -0.117.